The van der Waals surface area contributed by atoms with Crippen molar-refractivity contribution in [1.82, 2.24) is 9.80 Å². The van der Waals surface area contributed by atoms with Gasteiger partial charge in [0.15, 0.2) is 0 Å². The molecule has 2 heterocycles. The van der Waals surface area contributed by atoms with Gasteiger partial charge in [0.2, 0.25) is 0 Å². The zero-order chi connectivity index (χ0) is 17.3. The molecule has 2 fully saturated rings. The highest BCUT2D eigenvalue weighted by Gasteiger charge is 2.42. The fourth-order valence-corrected chi connectivity index (χ4v) is 3.76. The summed E-state index contributed by atoms with van der Waals surface area (Å²) in [5, 5.41) is 0. The molecule has 1 aromatic carbocycles. The number of amides is 2. The molecule has 2 saturated heterocycles. The molecule has 130 valence electrons. The minimum Gasteiger partial charge on any atom is -0.497 e. The molecule has 2 amide bonds. The number of benzene rings is 1. The minimum atomic E-state index is -0.866. The monoisotopic (exact) mass is 333 g/mol. The number of carbonyl (C=O) groups is 2. The maximum absolute atomic E-state index is 11.7. The van der Waals surface area contributed by atoms with Gasteiger partial charge in [-0.3, -0.25) is 14.5 Å². The molecular weight excluding hydrogens is 310 g/mol. The lowest BCUT2D eigenvalue weighted by atomic mass is 10.0. The van der Waals surface area contributed by atoms with E-state index in [0.717, 1.165) is 36.7 Å². The van der Waals surface area contributed by atoms with Crippen LogP contribution in [0.3, 0.4) is 0 Å². The van der Waals surface area contributed by atoms with Crippen molar-refractivity contribution in [2.45, 2.75) is 6.54 Å². The zero-order valence-corrected chi connectivity index (χ0v) is 14.0. The highest BCUT2D eigenvalue weighted by Crippen LogP contribution is 2.33. The van der Waals surface area contributed by atoms with Crippen LogP contribution in [0, 0.1) is 11.8 Å². The van der Waals surface area contributed by atoms with E-state index in [-0.39, 0.29) is 0 Å². The van der Waals surface area contributed by atoms with Crippen LogP contribution in [-0.4, -0.2) is 62.0 Å². The second-order valence-corrected chi connectivity index (χ2v) is 6.47. The van der Waals surface area contributed by atoms with Crippen LogP contribution in [0.2, 0.25) is 0 Å². The van der Waals surface area contributed by atoms with Crippen LogP contribution in [0.4, 0.5) is 0 Å². The van der Waals surface area contributed by atoms with Gasteiger partial charge in [0.05, 0.1) is 14.2 Å². The summed E-state index contributed by atoms with van der Waals surface area (Å²) in [4.78, 5) is 26.7. The molecule has 0 aromatic heterocycles. The van der Waals surface area contributed by atoms with E-state index in [4.69, 9.17) is 15.2 Å². The average Bonchev–Trinajstić information content (AvgIpc) is 3.12. The molecule has 1 aromatic rings. The second kappa shape index (κ2) is 6.68. The molecular formula is C17H23N3O4. The Hall–Kier alpha value is -2.28. The van der Waals surface area contributed by atoms with Crippen LogP contribution in [0.1, 0.15) is 5.56 Å². The first kappa shape index (κ1) is 16.6. The number of fused-ring (bicyclic) bond motifs is 1. The number of primary amides is 1. The summed E-state index contributed by atoms with van der Waals surface area (Å²) in [6.07, 6.45) is 0. The molecule has 3 rings (SSSR count). The van der Waals surface area contributed by atoms with E-state index in [1.54, 1.807) is 19.1 Å². The standard InChI is InChI=1S/C17H23N3O4/c1-23-14-4-3-11(15(5-14)24-2)6-19-7-12-9-20(10-13(12)8-19)17(22)16(18)21/h3-5,12-13H,6-10H2,1-2H3,(H2,18,21). The summed E-state index contributed by atoms with van der Waals surface area (Å²) in [5.74, 6) is 0.962. The van der Waals surface area contributed by atoms with Gasteiger partial charge in [0, 0.05) is 44.4 Å². The van der Waals surface area contributed by atoms with Crippen molar-refractivity contribution in [2.24, 2.45) is 17.6 Å². The molecule has 2 aliphatic heterocycles. The van der Waals surface area contributed by atoms with Gasteiger partial charge in [-0.1, -0.05) is 6.07 Å². The summed E-state index contributed by atoms with van der Waals surface area (Å²) in [6.45, 7) is 3.83. The first-order valence-electron chi connectivity index (χ1n) is 8.03. The quantitative estimate of drug-likeness (QED) is 0.789. The Labute approximate surface area is 141 Å². The molecule has 7 nitrogen and oxygen atoms in total. The maximum Gasteiger partial charge on any atom is 0.311 e. The van der Waals surface area contributed by atoms with E-state index < -0.39 is 11.8 Å². The molecule has 0 aliphatic carbocycles. The number of hydrogen-bond donors (Lipinski definition) is 1. The summed E-state index contributed by atoms with van der Waals surface area (Å²) in [7, 11) is 3.29. The molecule has 0 saturated carbocycles. The normalized spacial score (nSPS) is 23.2. The summed E-state index contributed by atoms with van der Waals surface area (Å²) in [5.41, 5.74) is 6.20. The Balaban J connectivity index is 1.61. The van der Waals surface area contributed by atoms with E-state index >= 15 is 0 Å². The van der Waals surface area contributed by atoms with Crippen LogP contribution in [0.25, 0.3) is 0 Å². The molecule has 24 heavy (non-hydrogen) atoms. The summed E-state index contributed by atoms with van der Waals surface area (Å²) < 4.78 is 10.7. The Bertz CT molecular complexity index is 635. The number of likely N-dealkylation sites (tertiary alicyclic amines) is 2. The number of nitrogens with zero attached hydrogens (tertiary/aromatic N) is 2. The zero-order valence-electron chi connectivity index (χ0n) is 14.0. The maximum atomic E-state index is 11.7. The van der Waals surface area contributed by atoms with Crippen molar-refractivity contribution in [3.8, 4) is 11.5 Å². The predicted octanol–water partition coefficient (Wildman–Crippen LogP) is 0.0793. The van der Waals surface area contributed by atoms with Crippen LogP contribution < -0.4 is 15.2 Å². The van der Waals surface area contributed by atoms with Gasteiger partial charge < -0.3 is 20.1 Å². The van der Waals surface area contributed by atoms with Crippen molar-refractivity contribution >= 4 is 11.8 Å². The Morgan fingerprint density at radius 2 is 1.79 bits per heavy atom. The smallest absolute Gasteiger partial charge is 0.311 e. The number of ether oxygens (including phenoxy) is 2. The summed E-state index contributed by atoms with van der Waals surface area (Å²) >= 11 is 0. The van der Waals surface area contributed by atoms with Crippen molar-refractivity contribution in [2.75, 3.05) is 40.4 Å². The number of carbonyl (C=O) groups excluding carboxylic acids is 2. The fraction of sp³-hybridized carbons (Fsp3) is 0.529. The van der Waals surface area contributed by atoms with E-state index in [2.05, 4.69) is 4.90 Å². The second-order valence-electron chi connectivity index (χ2n) is 6.47. The van der Waals surface area contributed by atoms with E-state index in [0.29, 0.717) is 24.9 Å². The largest absolute Gasteiger partial charge is 0.497 e. The Morgan fingerprint density at radius 1 is 1.12 bits per heavy atom. The van der Waals surface area contributed by atoms with Crippen molar-refractivity contribution < 1.29 is 19.1 Å². The van der Waals surface area contributed by atoms with E-state index in [1.165, 1.54) is 0 Å². The van der Waals surface area contributed by atoms with Crippen LogP contribution >= 0.6 is 0 Å². The van der Waals surface area contributed by atoms with E-state index in [1.807, 2.05) is 18.2 Å². The Morgan fingerprint density at radius 3 is 2.33 bits per heavy atom. The predicted molar refractivity (Wildman–Crippen MR) is 87.6 cm³/mol. The third-order valence-corrected chi connectivity index (χ3v) is 4.95. The first-order valence-corrected chi connectivity index (χ1v) is 8.03. The average molecular weight is 333 g/mol. The van der Waals surface area contributed by atoms with Crippen molar-refractivity contribution in [3.63, 3.8) is 0 Å². The number of nitrogens with two attached hydrogens (primary N) is 1. The number of rotatable bonds is 4. The molecule has 2 unspecified atom stereocenters. The SMILES string of the molecule is COc1ccc(CN2CC3CN(C(=O)C(N)=O)CC3C2)c(OC)c1. The highest BCUT2D eigenvalue weighted by molar-refractivity contribution is 6.34. The highest BCUT2D eigenvalue weighted by atomic mass is 16.5. The lowest BCUT2D eigenvalue weighted by Gasteiger charge is -2.21. The van der Waals surface area contributed by atoms with Gasteiger partial charge in [0.1, 0.15) is 11.5 Å². The number of hydrogen-bond acceptors (Lipinski definition) is 5. The van der Waals surface area contributed by atoms with Crippen molar-refractivity contribution in [1.29, 1.82) is 0 Å². The Kier molecular flexibility index (Phi) is 4.62. The van der Waals surface area contributed by atoms with Gasteiger partial charge in [0.25, 0.3) is 0 Å². The lowest BCUT2D eigenvalue weighted by Crippen LogP contribution is -2.40. The fourth-order valence-electron chi connectivity index (χ4n) is 3.76. The van der Waals surface area contributed by atoms with Gasteiger partial charge >= 0.3 is 11.8 Å². The first-order chi connectivity index (χ1) is 11.5. The minimum absolute atomic E-state index is 0.401. The molecule has 0 spiro atoms. The topological polar surface area (TPSA) is 85.1 Å². The van der Waals surface area contributed by atoms with Crippen LogP contribution in [-0.2, 0) is 16.1 Å². The van der Waals surface area contributed by atoms with Gasteiger partial charge in [-0.15, -0.1) is 0 Å². The molecule has 7 heteroatoms. The molecule has 2 N–H and O–H groups in total. The lowest BCUT2D eigenvalue weighted by molar-refractivity contribution is -0.143. The third kappa shape index (κ3) is 3.17. The number of methoxy groups -OCH3 is 2. The van der Waals surface area contributed by atoms with Crippen LogP contribution in [0.15, 0.2) is 18.2 Å². The van der Waals surface area contributed by atoms with E-state index in [9.17, 15) is 9.59 Å². The summed E-state index contributed by atoms with van der Waals surface area (Å²) in [6, 6.07) is 5.84. The van der Waals surface area contributed by atoms with Gasteiger partial charge in [-0.2, -0.15) is 0 Å². The van der Waals surface area contributed by atoms with Crippen molar-refractivity contribution in [3.05, 3.63) is 23.8 Å². The van der Waals surface area contributed by atoms with Gasteiger partial charge in [-0.05, 0) is 17.9 Å². The van der Waals surface area contributed by atoms with Gasteiger partial charge in [-0.25, -0.2) is 0 Å². The molecule has 0 radical (unpaired) electrons. The third-order valence-electron chi connectivity index (χ3n) is 4.95. The molecule has 2 atom stereocenters. The molecule has 2 aliphatic rings. The molecule has 0 bridgehead atoms. The van der Waals surface area contributed by atoms with Crippen LogP contribution in [0.5, 0.6) is 11.5 Å².